The predicted octanol–water partition coefficient (Wildman–Crippen LogP) is 11.0. The zero-order valence-corrected chi connectivity index (χ0v) is 32.2. The molecule has 6 aromatic carbocycles. The highest BCUT2D eigenvalue weighted by atomic mass is 19.4. The smallest absolute Gasteiger partial charge is 0.341 e. The average Bonchev–Trinajstić information content (AvgIpc) is 3.90. The van der Waals surface area contributed by atoms with Gasteiger partial charge in [-0.1, -0.05) is 48.5 Å². The van der Waals surface area contributed by atoms with Gasteiger partial charge < -0.3 is 9.13 Å². The van der Waals surface area contributed by atoms with Crippen LogP contribution in [-0.2, 0) is 18.5 Å². The molecule has 2 aliphatic rings. The van der Waals surface area contributed by atoms with Crippen LogP contribution >= 0.6 is 0 Å². The van der Waals surface area contributed by atoms with E-state index in [1.807, 2.05) is 71.5 Å². The lowest BCUT2D eigenvalue weighted by Gasteiger charge is -2.38. The normalized spacial score (nSPS) is 14.8. The molecule has 0 aliphatic carbocycles. The van der Waals surface area contributed by atoms with Gasteiger partial charge in [0.05, 0.1) is 33.6 Å². The van der Waals surface area contributed by atoms with Crippen molar-refractivity contribution < 1.29 is 45.5 Å². The lowest BCUT2D eigenvalue weighted by Crippen LogP contribution is -2.55. The topological polar surface area (TPSA) is 84.6 Å². The molecule has 14 heteroatoms. The number of aryl methyl sites for hydroxylation is 2. The molecule has 4 amide bonds. The number of nitrogens with zero attached hydrogens (tertiary/aromatic N) is 4. The molecule has 10 rings (SSSR count). The number of aromatic nitrogens is 2. The number of carbonyl (C=O) groups excluding carboxylic acids is 4. The number of amides is 4. The minimum absolute atomic E-state index is 0.0822. The molecule has 2 aliphatic heterocycles. The lowest BCUT2D eigenvalue weighted by atomic mass is 9.71. The first-order valence-electron chi connectivity index (χ1n) is 19.3. The van der Waals surface area contributed by atoms with Gasteiger partial charge in [0.25, 0.3) is 23.6 Å². The van der Waals surface area contributed by atoms with E-state index in [0.717, 1.165) is 54.8 Å². The summed E-state index contributed by atoms with van der Waals surface area (Å²) in [4.78, 5) is 57.0. The monoisotopic (exact) mass is 828 g/mol. The van der Waals surface area contributed by atoms with Gasteiger partial charge in [0, 0.05) is 56.7 Å². The van der Waals surface area contributed by atoms with E-state index in [1.165, 1.54) is 12.1 Å². The Morgan fingerprint density at radius 2 is 0.770 bits per heavy atom. The van der Waals surface area contributed by atoms with Gasteiger partial charge in [-0.2, -0.15) is 26.3 Å². The molecule has 8 nitrogen and oxygen atoms in total. The quantitative estimate of drug-likeness (QED) is 0.123. The second-order valence-corrected chi connectivity index (χ2v) is 15.1. The molecule has 0 saturated heterocycles. The summed E-state index contributed by atoms with van der Waals surface area (Å²) < 4.78 is 97.3. The maximum Gasteiger partial charge on any atom is 0.411 e. The highest BCUT2D eigenvalue weighted by Gasteiger charge is 2.73. The maximum atomic E-state index is 15.5. The summed E-state index contributed by atoms with van der Waals surface area (Å²) in [7, 11) is 0. The Morgan fingerprint density at radius 1 is 0.410 bits per heavy atom. The second kappa shape index (κ2) is 12.9. The summed E-state index contributed by atoms with van der Waals surface area (Å²) in [6, 6.07) is 28.0. The van der Waals surface area contributed by atoms with Crippen molar-refractivity contribution in [3.63, 3.8) is 0 Å². The Balaban J connectivity index is 1.07. The van der Waals surface area contributed by atoms with Crippen LogP contribution in [0.2, 0.25) is 0 Å². The number of alkyl halides is 6. The zero-order valence-electron chi connectivity index (χ0n) is 32.2. The van der Waals surface area contributed by atoms with E-state index in [1.54, 1.807) is 24.3 Å². The molecule has 0 saturated carbocycles. The largest absolute Gasteiger partial charge is 0.411 e. The first-order chi connectivity index (χ1) is 29.1. The molecule has 0 spiro atoms. The van der Waals surface area contributed by atoms with Crippen molar-refractivity contribution >= 4 is 78.6 Å². The number of imide groups is 2. The van der Waals surface area contributed by atoms with Gasteiger partial charge in [-0.05, 0) is 97.8 Å². The molecule has 0 atom stereocenters. The van der Waals surface area contributed by atoms with E-state index in [4.69, 9.17) is 0 Å². The van der Waals surface area contributed by atoms with Crippen molar-refractivity contribution in [2.24, 2.45) is 0 Å². The van der Waals surface area contributed by atoms with Crippen LogP contribution in [-0.4, -0.2) is 45.1 Å². The van der Waals surface area contributed by atoms with E-state index >= 15 is 26.3 Å². The molecule has 2 aromatic heterocycles. The first kappa shape index (κ1) is 38.0. The minimum Gasteiger partial charge on any atom is -0.341 e. The molecule has 0 N–H and O–H groups in total. The van der Waals surface area contributed by atoms with Crippen LogP contribution in [0.3, 0.4) is 0 Å². The van der Waals surface area contributed by atoms with Crippen LogP contribution in [0.25, 0.3) is 43.6 Å². The summed E-state index contributed by atoms with van der Waals surface area (Å²) in [6.07, 6.45) is -12.2. The van der Waals surface area contributed by atoms with Gasteiger partial charge in [-0.15, -0.1) is 0 Å². The molecular weight excluding hydrogens is 799 g/mol. The third-order valence-corrected chi connectivity index (χ3v) is 12.2. The van der Waals surface area contributed by atoms with E-state index in [-0.39, 0.29) is 22.5 Å². The van der Waals surface area contributed by atoms with Crippen LogP contribution in [0.1, 0.15) is 66.4 Å². The minimum atomic E-state index is -6.11. The Bertz CT molecular complexity index is 3050. The van der Waals surface area contributed by atoms with Crippen molar-refractivity contribution in [2.45, 2.75) is 44.7 Å². The number of fused-ring (bicyclic) bond motifs is 8. The number of hydrogen-bond donors (Lipinski definition) is 0. The van der Waals surface area contributed by atoms with Crippen LogP contribution < -0.4 is 9.80 Å². The fraction of sp³-hybridized carbons (Fsp3) is 0.149. The Labute approximate surface area is 341 Å². The van der Waals surface area contributed by atoms with Gasteiger partial charge in [0.2, 0.25) is 5.41 Å². The molecule has 0 fully saturated rings. The maximum absolute atomic E-state index is 15.5. The number of halogens is 6. The van der Waals surface area contributed by atoms with Crippen molar-refractivity contribution in [1.82, 2.24) is 9.13 Å². The van der Waals surface area contributed by atoms with Crippen molar-refractivity contribution in [2.75, 3.05) is 9.80 Å². The third-order valence-electron chi connectivity index (χ3n) is 12.2. The summed E-state index contributed by atoms with van der Waals surface area (Å²) in [5.41, 5.74) is -6.15. The number of para-hydroxylation sites is 2. The summed E-state index contributed by atoms with van der Waals surface area (Å²) in [5.74, 6) is -4.06. The number of benzene rings is 6. The van der Waals surface area contributed by atoms with Crippen molar-refractivity contribution in [3.8, 4) is 0 Å². The third kappa shape index (κ3) is 5.01. The molecule has 0 radical (unpaired) electrons. The Kier molecular flexibility index (Phi) is 8.03. The van der Waals surface area contributed by atoms with Crippen LogP contribution in [0.15, 0.2) is 121 Å². The fourth-order valence-electron chi connectivity index (χ4n) is 9.44. The van der Waals surface area contributed by atoms with Crippen LogP contribution in [0, 0.1) is 0 Å². The molecular formula is C47H30F6N4O4. The van der Waals surface area contributed by atoms with Gasteiger partial charge in [-0.25, -0.2) is 9.80 Å². The van der Waals surface area contributed by atoms with Crippen LogP contribution in [0.5, 0.6) is 0 Å². The van der Waals surface area contributed by atoms with E-state index < -0.39 is 63.7 Å². The summed E-state index contributed by atoms with van der Waals surface area (Å²) in [5, 5.41) is 3.01. The Hall–Kier alpha value is -7.22. The van der Waals surface area contributed by atoms with E-state index in [0.29, 0.717) is 48.1 Å². The van der Waals surface area contributed by atoms with Gasteiger partial charge >= 0.3 is 12.4 Å². The SMILES string of the molecule is CCn1c2ccccc2c2cc(N3C(=O)c4ccc(C(c5ccc6c(c5)C(=O)N(c5ccc7c(c5)c5ccccc5n7CC)C6=O)(C(F)(F)F)C(F)(F)F)cc4C3=O)ccc21. The lowest BCUT2D eigenvalue weighted by molar-refractivity contribution is -0.288. The molecule has 0 bridgehead atoms. The van der Waals surface area contributed by atoms with E-state index in [2.05, 4.69) is 0 Å². The molecule has 4 heterocycles. The summed E-state index contributed by atoms with van der Waals surface area (Å²) in [6.45, 7) is 5.11. The Morgan fingerprint density at radius 3 is 1.15 bits per heavy atom. The predicted molar refractivity (Wildman–Crippen MR) is 218 cm³/mol. The standard InChI is InChI=1S/C47H30F6N4O4/c1-3-54-37-11-7-5-9-29(37)33-23-27(15-19-39(33)54)56-41(58)31-17-13-25(21-35(31)43(56)60)45(46(48,49)50,47(51,52)53)26-14-18-32-36(22-26)44(61)57(42(32)59)28-16-20-40-34(24-28)30-10-6-8-12-38(30)55(40)4-2/h5-24H,3-4H2,1-2H3. The van der Waals surface area contributed by atoms with Crippen molar-refractivity contribution in [1.29, 1.82) is 0 Å². The highest BCUT2D eigenvalue weighted by molar-refractivity contribution is 6.36. The number of rotatable bonds is 6. The average molecular weight is 829 g/mol. The zero-order chi connectivity index (χ0) is 42.9. The van der Waals surface area contributed by atoms with Gasteiger partial charge in [-0.3, -0.25) is 19.2 Å². The van der Waals surface area contributed by atoms with Gasteiger partial charge in [0.15, 0.2) is 0 Å². The molecule has 0 unspecified atom stereocenters. The second-order valence-electron chi connectivity index (χ2n) is 15.1. The van der Waals surface area contributed by atoms with Crippen LogP contribution in [0.4, 0.5) is 37.7 Å². The first-order valence-corrected chi connectivity index (χ1v) is 19.3. The van der Waals surface area contributed by atoms with Crippen molar-refractivity contribution in [3.05, 3.63) is 155 Å². The van der Waals surface area contributed by atoms with Gasteiger partial charge in [0.1, 0.15) is 0 Å². The fourth-order valence-corrected chi connectivity index (χ4v) is 9.44. The highest BCUT2D eigenvalue weighted by Crippen LogP contribution is 2.57. The van der Waals surface area contributed by atoms with E-state index in [9.17, 15) is 19.2 Å². The summed E-state index contributed by atoms with van der Waals surface area (Å²) >= 11 is 0. The molecule has 8 aromatic rings. The number of hydrogen-bond acceptors (Lipinski definition) is 4. The number of carbonyl (C=O) groups is 4. The number of anilines is 2. The molecule has 61 heavy (non-hydrogen) atoms. The molecule has 304 valence electrons.